The maximum Gasteiger partial charge on any atom is 0.416 e. The number of nitrogens with zero attached hydrogens (tertiary/aromatic N) is 5. The van der Waals surface area contributed by atoms with Crippen LogP contribution in [-0.4, -0.2) is 63.4 Å². The molecule has 0 N–H and O–H groups in total. The number of alkyl halides is 3. The van der Waals surface area contributed by atoms with Crippen molar-refractivity contribution in [3.05, 3.63) is 69.2 Å². The lowest BCUT2D eigenvalue weighted by Crippen LogP contribution is -2.51. The lowest BCUT2D eigenvalue weighted by Gasteiger charge is -2.38. The zero-order valence-electron chi connectivity index (χ0n) is 19.6. The SMILES string of the molecule is C[C@H]1CN(C)CCN1C1=NC(=O)/C(=C/c2ccc3c(cnn3Cc3ccc(Cl)cc3C(F)(F)F)c2)S1. The van der Waals surface area contributed by atoms with E-state index in [0.717, 1.165) is 41.8 Å². The van der Waals surface area contributed by atoms with Crippen molar-refractivity contribution >= 4 is 51.4 Å². The molecule has 1 atom stereocenters. The Morgan fingerprint density at radius 2 is 2.00 bits per heavy atom. The summed E-state index contributed by atoms with van der Waals surface area (Å²) in [6.07, 6.45) is -1.11. The van der Waals surface area contributed by atoms with Crippen LogP contribution in [0.3, 0.4) is 0 Å². The molecule has 1 fully saturated rings. The molecular weight excluding hydrogens is 511 g/mol. The zero-order chi connectivity index (χ0) is 25.6. The number of carbonyl (C=O) groups excluding carboxylic acids is 1. The van der Waals surface area contributed by atoms with E-state index in [9.17, 15) is 18.0 Å². The van der Waals surface area contributed by atoms with Gasteiger partial charge in [-0.2, -0.15) is 23.3 Å². The third kappa shape index (κ3) is 5.02. The van der Waals surface area contributed by atoms with E-state index in [-0.39, 0.29) is 29.1 Å². The number of halogens is 4. The zero-order valence-corrected chi connectivity index (χ0v) is 21.2. The first-order chi connectivity index (χ1) is 17.1. The standard InChI is InChI=1S/C25H23ClF3N5OS/c1-15-13-32(2)7-8-33(15)24-31-23(35)22(36-24)10-16-3-6-21-18(9-16)12-30-34(21)14-17-4-5-19(26)11-20(17)25(27,28)29/h3-6,9-12,15H,7-8,13-14H2,1-2H3/b22-10-/t15-/m0/s1. The molecule has 0 saturated carbocycles. The van der Waals surface area contributed by atoms with Crippen LogP contribution in [-0.2, 0) is 17.5 Å². The van der Waals surface area contributed by atoms with Crippen LogP contribution in [0.4, 0.5) is 13.2 Å². The van der Waals surface area contributed by atoms with Crippen LogP contribution in [0.25, 0.3) is 17.0 Å². The summed E-state index contributed by atoms with van der Waals surface area (Å²) in [5.74, 6) is -0.265. The molecule has 2 aliphatic heterocycles. The minimum Gasteiger partial charge on any atom is -0.346 e. The van der Waals surface area contributed by atoms with Crippen LogP contribution < -0.4 is 0 Å². The molecule has 0 bridgehead atoms. The Balaban J connectivity index is 1.36. The first kappa shape index (κ1) is 24.9. The predicted molar refractivity (Wildman–Crippen MR) is 137 cm³/mol. The maximum atomic E-state index is 13.5. The fraction of sp³-hybridized carbons (Fsp3) is 0.320. The normalized spacial score (nSPS) is 20.6. The number of amides is 1. The highest BCUT2D eigenvalue weighted by molar-refractivity contribution is 8.18. The highest BCUT2D eigenvalue weighted by Crippen LogP contribution is 2.35. The van der Waals surface area contributed by atoms with Crippen LogP contribution in [0.15, 0.2) is 52.5 Å². The Morgan fingerprint density at radius 3 is 2.75 bits per heavy atom. The third-order valence-corrected chi connectivity index (χ3v) is 7.60. The van der Waals surface area contributed by atoms with E-state index in [2.05, 4.69) is 33.9 Å². The summed E-state index contributed by atoms with van der Waals surface area (Å²) in [4.78, 5) is 21.8. The van der Waals surface area contributed by atoms with Gasteiger partial charge in [0.05, 0.1) is 28.7 Å². The molecule has 188 valence electrons. The van der Waals surface area contributed by atoms with Gasteiger partial charge in [-0.15, -0.1) is 0 Å². The van der Waals surface area contributed by atoms with Gasteiger partial charge in [-0.05, 0) is 67.2 Å². The van der Waals surface area contributed by atoms with Crippen molar-refractivity contribution in [2.75, 3.05) is 26.7 Å². The number of piperazine rings is 1. The first-order valence-corrected chi connectivity index (χ1v) is 12.6. The first-order valence-electron chi connectivity index (χ1n) is 11.4. The summed E-state index contributed by atoms with van der Waals surface area (Å²) in [5.41, 5.74) is 0.790. The highest BCUT2D eigenvalue weighted by atomic mass is 35.5. The minimum absolute atomic E-state index is 0.0302. The molecule has 0 radical (unpaired) electrons. The van der Waals surface area contributed by atoms with E-state index in [1.165, 1.54) is 28.6 Å². The van der Waals surface area contributed by atoms with Crippen LogP contribution in [0, 0.1) is 0 Å². The molecule has 1 amide bonds. The Morgan fingerprint density at radius 1 is 1.19 bits per heavy atom. The van der Waals surface area contributed by atoms with Crippen molar-refractivity contribution in [3.63, 3.8) is 0 Å². The number of hydrogen-bond donors (Lipinski definition) is 0. The van der Waals surface area contributed by atoms with Gasteiger partial charge in [0.2, 0.25) is 0 Å². The molecule has 2 aliphatic rings. The molecular formula is C25H23ClF3N5OS. The minimum atomic E-state index is -4.52. The number of aromatic nitrogens is 2. The van der Waals surface area contributed by atoms with Gasteiger partial charge in [-0.3, -0.25) is 9.48 Å². The van der Waals surface area contributed by atoms with Gasteiger partial charge in [-0.1, -0.05) is 23.7 Å². The summed E-state index contributed by atoms with van der Waals surface area (Å²) in [7, 11) is 2.08. The number of hydrogen-bond acceptors (Lipinski definition) is 5. The summed E-state index contributed by atoms with van der Waals surface area (Å²) in [5, 5.41) is 5.82. The fourth-order valence-electron chi connectivity index (χ4n) is 4.53. The van der Waals surface area contributed by atoms with Gasteiger partial charge in [0, 0.05) is 36.1 Å². The second kappa shape index (κ2) is 9.57. The number of likely N-dealkylation sites (N-methyl/N-ethyl adjacent to an activating group) is 1. The van der Waals surface area contributed by atoms with Crippen molar-refractivity contribution < 1.29 is 18.0 Å². The topological polar surface area (TPSA) is 53.7 Å². The van der Waals surface area contributed by atoms with Crippen molar-refractivity contribution in [2.24, 2.45) is 4.99 Å². The molecule has 5 rings (SSSR count). The molecule has 11 heteroatoms. The molecule has 0 spiro atoms. The average Bonchev–Trinajstić information content (AvgIpc) is 3.37. The van der Waals surface area contributed by atoms with Crippen LogP contribution >= 0.6 is 23.4 Å². The van der Waals surface area contributed by atoms with Gasteiger partial charge in [-0.25, -0.2) is 0 Å². The lowest BCUT2D eigenvalue weighted by atomic mass is 10.1. The van der Waals surface area contributed by atoms with Crippen molar-refractivity contribution in [1.29, 1.82) is 0 Å². The quantitative estimate of drug-likeness (QED) is 0.424. The van der Waals surface area contributed by atoms with Gasteiger partial charge in [0.1, 0.15) is 0 Å². The Labute approximate surface area is 215 Å². The second-order valence-electron chi connectivity index (χ2n) is 9.03. The van der Waals surface area contributed by atoms with Crippen molar-refractivity contribution in [2.45, 2.75) is 25.7 Å². The van der Waals surface area contributed by atoms with E-state index in [1.807, 2.05) is 12.1 Å². The van der Waals surface area contributed by atoms with Crippen LogP contribution in [0.2, 0.25) is 5.02 Å². The van der Waals surface area contributed by atoms with E-state index in [1.54, 1.807) is 18.3 Å². The largest absolute Gasteiger partial charge is 0.416 e. The summed E-state index contributed by atoms with van der Waals surface area (Å²) in [6.45, 7) is 4.72. The summed E-state index contributed by atoms with van der Waals surface area (Å²) >= 11 is 7.17. The molecule has 1 saturated heterocycles. The predicted octanol–water partition coefficient (Wildman–Crippen LogP) is 5.36. The van der Waals surface area contributed by atoms with Crippen molar-refractivity contribution in [1.82, 2.24) is 19.6 Å². The third-order valence-electron chi connectivity index (χ3n) is 6.35. The molecule has 1 aromatic heterocycles. The molecule has 0 aliphatic carbocycles. The Hall–Kier alpha value is -2.82. The van der Waals surface area contributed by atoms with E-state index < -0.39 is 11.7 Å². The number of benzene rings is 2. The maximum absolute atomic E-state index is 13.5. The number of fused-ring (bicyclic) bond motifs is 1. The molecule has 2 aromatic carbocycles. The van der Waals surface area contributed by atoms with Gasteiger partial charge >= 0.3 is 6.18 Å². The van der Waals surface area contributed by atoms with E-state index in [0.29, 0.717) is 10.4 Å². The van der Waals surface area contributed by atoms with Crippen molar-refractivity contribution in [3.8, 4) is 0 Å². The fourth-order valence-corrected chi connectivity index (χ4v) is 5.74. The van der Waals surface area contributed by atoms with Crippen LogP contribution in [0.1, 0.15) is 23.6 Å². The summed E-state index contributed by atoms with van der Waals surface area (Å²) in [6, 6.07) is 9.50. The molecule has 3 heterocycles. The van der Waals surface area contributed by atoms with E-state index in [4.69, 9.17) is 11.6 Å². The number of amidine groups is 1. The van der Waals surface area contributed by atoms with E-state index >= 15 is 0 Å². The molecule has 0 unspecified atom stereocenters. The lowest BCUT2D eigenvalue weighted by molar-refractivity contribution is -0.138. The molecule has 6 nitrogen and oxygen atoms in total. The highest BCUT2D eigenvalue weighted by Gasteiger charge is 2.34. The average molecular weight is 534 g/mol. The number of aliphatic imine (C=N–C) groups is 1. The number of carbonyl (C=O) groups is 1. The Kier molecular flexibility index (Phi) is 6.61. The molecule has 36 heavy (non-hydrogen) atoms. The monoisotopic (exact) mass is 533 g/mol. The molecule has 3 aromatic rings. The number of thioether (sulfide) groups is 1. The van der Waals surface area contributed by atoms with Crippen LogP contribution in [0.5, 0.6) is 0 Å². The second-order valence-corrected chi connectivity index (χ2v) is 10.5. The number of rotatable bonds is 3. The Bertz CT molecular complexity index is 1400. The summed E-state index contributed by atoms with van der Waals surface area (Å²) < 4.78 is 42.0. The van der Waals surface area contributed by atoms with Gasteiger partial charge in [0.25, 0.3) is 5.91 Å². The van der Waals surface area contributed by atoms with Gasteiger partial charge in [0.15, 0.2) is 5.17 Å². The van der Waals surface area contributed by atoms with Gasteiger partial charge < -0.3 is 9.80 Å². The smallest absolute Gasteiger partial charge is 0.346 e.